The van der Waals surface area contributed by atoms with Crippen LogP contribution in [0.4, 0.5) is 0 Å². The molecule has 0 spiro atoms. The van der Waals surface area contributed by atoms with E-state index in [1.807, 2.05) is 0 Å². The number of hydrogen-bond donors (Lipinski definition) is 0. The lowest BCUT2D eigenvalue weighted by atomic mass is 10.2. The van der Waals surface area contributed by atoms with E-state index in [1.165, 1.54) is 16.5 Å². The number of benzene rings is 1. The Labute approximate surface area is 108 Å². The lowest BCUT2D eigenvalue weighted by molar-refractivity contribution is 0.0365. The molecular weight excluding hydrogens is 224 g/mol. The van der Waals surface area contributed by atoms with Crippen LogP contribution in [0.5, 0.6) is 0 Å². The summed E-state index contributed by atoms with van der Waals surface area (Å²) >= 11 is 0. The van der Waals surface area contributed by atoms with E-state index in [0.29, 0.717) is 0 Å². The molecule has 1 fully saturated rings. The molecule has 0 atom stereocenters. The molecule has 3 nitrogen and oxygen atoms in total. The zero-order valence-electron chi connectivity index (χ0n) is 10.9. The van der Waals surface area contributed by atoms with E-state index in [9.17, 15) is 0 Å². The Morgan fingerprint density at radius 2 is 1.94 bits per heavy atom. The van der Waals surface area contributed by atoms with E-state index in [4.69, 9.17) is 4.74 Å². The fourth-order valence-corrected chi connectivity index (χ4v) is 2.59. The Kier molecular flexibility index (Phi) is 3.35. The first kappa shape index (κ1) is 11.8. The predicted octanol–water partition coefficient (Wildman–Crippen LogP) is 2.28. The highest BCUT2D eigenvalue weighted by molar-refractivity contribution is 5.80. The van der Waals surface area contributed by atoms with Gasteiger partial charge in [-0.15, -0.1) is 0 Å². The molecular formula is C15H20N2O. The number of aromatic nitrogens is 1. The average molecular weight is 244 g/mol. The van der Waals surface area contributed by atoms with Gasteiger partial charge in [0.15, 0.2) is 0 Å². The van der Waals surface area contributed by atoms with E-state index in [2.05, 4.69) is 46.9 Å². The summed E-state index contributed by atoms with van der Waals surface area (Å²) in [5.41, 5.74) is 2.67. The van der Waals surface area contributed by atoms with Gasteiger partial charge in [0, 0.05) is 37.9 Å². The molecule has 96 valence electrons. The van der Waals surface area contributed by atoms with Crippen molar-refractivity contribution in [2.24, 2.45) is 0 Å². The fourth-order valence-electron chi connectivity index (χ4n) is 2.59. The molecule has 2 aromatic rings. The van der Waals surface area contributed by atoms with Crippen molar-refractivity contribution < 1.29 is 4.74 Å². The van der Waals surface area contributed by atoms with Crippen LogP contribution in [0.1, 0.15) is 5.56 Å². The number of morpholine rings is 1. The maximum absolute atomic E-state index is 5.37. The van der Waals surface area contributed by atoms with Crippen LogP contribution in [0.2, 0.25) is 0 Å². The highest BCUT2D eigenvalue weighted by atomic mass is 16.5. The Balaban J connectivity index is 1.70. The largest absolute Gasteiger partial charge is 0.379 e. The highest BCUT2D eigenvalue weighted by Gasteiger charge is 2.10. The van der Waals surface area contributed by atoms with Crippen LogP contribution in [-0.2, 0) is 11.3 Å². The first-order valence-corrected chi connectivity index (χ1v) is 6.68. The number of aryl methyl sites for hydroxylation is 1. The standard InChI is InChI=1S/C15H20N2O/c1-13-2-3-15-14(12-13)4-5-17(15)7-6-16-8-10-18-11-9-16/h2-5,12H,6-11H2,1H3. The summed E-state index contributed by atoms with van der Waals surface area (Å²) in [5, 5.41) is 1.34. The first-order valence-electron chi connectivity index (χ1n) is 6.68. The fraction of sp³-hybridized carbons (Fsp3) is 0.467. The molecule has 18 heavy (non-hydrogen) atoms. The SMILES string of the molecule is Cc1ccc2c(ccn2CCN2CCOCC2)c1. The summed E-state index contributed by atoms with van der Waals surface area (Å²) < 4.78 is 7.72. The smallest absolute Gasteiger partial charge is 0.0594 e. The van der Waals surface area contributed by atoms with Gasteiger partial charge in [-0.2, -0.15) is 0 Å². The molecule has 1 saturated heterocycles. The average Bonchev–Trinajstić information content (AvgIpc) is 2.80. The van der Waals surface area contributed by atoms with Crippen molar-refractivity contribution in [2.45, 2.75) is 13.5 Å². The van der Waals surface area contributed by atoms with Gasteiger partial charge in [0.05, 0.1) is 13.2 Å². The molecule has 1 aliphatic heterocycles. The summed E-state index contributed by atoms with van der Waals surface area (Å²) in [4.78, 5) is 2.48. The number of rotatable bonds is 3. The molecule has 0 amide bonds. The minimum absolute atomic E-state index is 0.881. The summed E-state index contributed by atoms with van der Waals surface area (Å²) in [7, 11) is 0. The van der Waals surface area contributed by atoms with Gasteiger partial charge >= 0.3 is 0 Å². The van der Waals surface area contributed by atoms with Crippen molar-refractivity contribution in [3.8, 4) is 0 Å². The van der Waals surface area contributed by atoms with Crippen molar-refractivity contribution in [1.82, 2.24) is 9.47 Å². The summed E-state index contributed by atoms with van der Waals surface area (Å²) in [6.07, 6.45) is 2.20. The van der Waals surface area contributed by atoms with Crippen LogP contribution in [0, 0.1) is 6.92 Å². The van der Waals surface area contributed by atoms with E-state index in [0.717, 1.165) is 39.4 Å². The molecule has 0 bridgehead atoms. The minimum atomic E-state index is 0.881. The molecule has 1 aromatic carbocycles. The molecule has 0 N–H and O–H groups in total. The van der Waals surface area contributed by atoms with Gasteiger partial charge in [-0.25, -0.2) is 0 Å². The van der Waals surface area contributed by atoms with Crippen LogP contribution in [0.15, 0.2) is 30.5 Å². The van der Waals surface area contributed by atoms with Gasteiger partial charge in [-0.1, -0.05) is 11.6 Å². The third-order valence-electron chi connectivity index (χ3n) is 3.69. The maximum Gasteiger partial charge on any atom is 0.0594 e. The molecule has 3 rings (SSSR count). The topological polar surface area (TPSA) is 17.4 Å². The van der Waals surface area contributed by atoms with Gasteiger partial charge in [0.2, 0.25) is 0 Å². The molecule has 0 unspecified atom stereocenters. The second-order valence-electron chi connectivity index (χ2n) is 5.03. The normalized spacial score (nSPS) is 17.4. The molecule has 0 saturated carbocycles. The Morgan fingerprint density at radius 1 is 1.11 bits per heavy atom. The summed E-state index contributed by atoms with van der Waals surface area (Å²) in [5.74, 6) is 0. The van der Waals surface area contributed by atoms with E-state index in [-0.39, 0.29) is 0 Å². The van der Waals surface area contributed by atoms with Gasteiger partial charge in [-0.05, 0) is 30.5 Å². The predicted molar refractivity (Wildman–Crippen MR) is 73.9 cm³/mol. The van der Waals surface area contributed by atoms with Crippen molar-refractivity contribution in [3.05, 3.63) is 36.0 Å². The van der Waals surface area contributed by atoms with Crippen molar-refractivity contribution in [2.75, 3.05) is 32.8 Å². The monoisotopic (exact) mass is 244 g/mol. The molecule has 2 heterocycles. The van der Waals surface area contributed by atoms with Crippen molar-refractivity contribution in [3.63, 3.8) is 0 Å². The number of hydrogen-bond acceptors (Lipinski definition) is 2. The number of ether oxygens (including phenoxy) is 1. The van der Waals surface area contributed by atoms with Crippen LogP contribution < -0.4 is 0 Å². The van der Waals surface area contributed by atoms with Gasteiger partial charge in [0.25, 0.3) is 0 Å². The molecule has 1 aliphatic rings. The molecule has 0 aliphatic carbocycles. The number of nitrogens with zero attached hydrogens (tertiary/aromatic N) is 2. The Bertz CT molecular complexity index is 526. The number of fused-ring (bicyclic) bond motifs is 1. The lowest BCUT2D eigenvalue weighted by Gasteiger charge is -2.26. The van der Waals surface area contributed by atoms with Gasteiger partial charge in [-0.3, -0.25) is 4.90 Å². The third kappa shape index (κ3) is 2.42. The van der Waals surface area contributed by atoms with E-state index >= 15 is 0 Å². The summed E-state index contributed by atoms with van der Waals surface area (Å²) in [6, 6.07) is 8.87. The minimum Gasteiger partial charge on any atom is -0.379 e. The van der Waals surface area contributed by atoms with Crippen LogP contribution in [-0.4, -0.2) is 42.3 Å². The molecule has 0 radical (unpaired) electrons. The zero-order valence-corrected chi connectivity index (χ0v) is 10.9. The van der Waals surface area contributed by atoms with E-state index in [1.54, 1.807) is 0 Å². The lowest BCUT2D eigenvalue weighted by Crippen LogP contribution is -2.38. The van der Waals surface area contributed by atoms with Crippen LogP contribution in [0.3, 0.4) is 0 Å². The van der Waals surface area contributed by atoms with Gasteiger partial charge < -0.3 is 9.30 Å². The van der Waals surface area contributed by atoms with Crippen molar-refractivity contribution in [1.29, 1.82) is 0 Å². The third-order valence-corrected chi connectivity index (χ3v) is 3.69. The quantitative estimate of drug-likeness (QED) is 0.824. The van der Waals surface area contributed by atoms with Crippen LogP contribution >= 0.6 is 0 Å². The maximum atomic E-state index is 5.37. The Morgan fingerprint density at radius 3 is 2.78 bits per heavy atom. The molecule has 1 aromatic heterocycles. The molecule has 3 heteroatoms. The summed E-state index contributed by atoms with van der Waals surface area (Å²) in [6.45, 7) is 8.21. The highest BCUT2D eigenvalue weighted by Crippen LogP contribution is 2.17. The van der Waals surface area contributed by atoms with Crippen LogP contribution in [0.25, 0.3) is 10.9 Å². The second kappa shape index (κ2) is 5.12. The first-order chi connectivity index (χ1) is 8.83. The Hall–Kier alpha value is -1.32. The van der Waals surface area contributed by atoms with Crippen molar-refractivity contribution >= 4 is 10.9 Å². The zero-order chi connectivity index (χ0) is 12.4. The van der Waals surface area contributed by atoms with E-state index < -0.39 is 0 Å². The van der Waals surface area contributed by atoms with Gasteiger partial charge in [0.1, 0.15) is 0 Å². The second-order valence-corrected chi connectivity index (χ2v) is 5.03.